The van der Waals surface area contributed by atoms with E-state index in [0.29, 0.717) is 41.9 Å². The third-order valence-electron chi connectivity index (χ3n) is 3.87. The quantitative estimate of drug-likeness (QED) is 0.524. The molecule has 3 aromatic rings. The Kier molecular flexibility index (Phi) is 5.37. The Morgan fingerprint density at radius 2 is 2.04 bits per heavy atom. The number of aliphatic hydroxyl groups is 1. The van der Waals surface area contributed by atoms with E-state index in [9.17, 15) is 0 Å². The van der Waals surface area contributed by atoms with Crippen LogP contribution >= 0.6 is 0 Å². The van der Waals surface area contributed by atoms with Gasteiger partial charge in [-0.05, 0) is 18.6 Å². The summed E-state index contributed by atoms with van der Waals surface area (Å²) < 4.78 is 12.3. The van der Waals surface area contributed by atoms with Crippen molar-refractivity contribution in [3.8, 4) is 11.5 Å². The highest BCUT2D eigenvalue weighted by molar-refractivity contribution is 5.88. The van der Waals surface area contributed by atoms with Crippen LogP contribution in [0.1, 0.15) is 6.42 Å². The minimum atomic E-state index is 0.114. The highest BCUT2D eigenvalue weighted by Crippen LogP contribution is 2.31. The molecule has 138 valence electrons. The van der Waals surface area contributed by atoms with Gasteiger partial charge in [0.1, 0.15) is 17.3 Å². The van der Waals surface area contributed by atoms with Crippen LogP contribution in [0.5, 0.6) is 11.5 Å². The van der Waals surface area contributed by atoms with Crippen molar-refractivity contribution in [3.63, 3.8) is 0 Å². The smallest absolute Gasteiger partial charge is 0.231 e. The molecule has 0 radical (unpaired) electrons. The lowest BCUT2D eigenvalue weighted by Crippen LogP contribution is -2.08. The van der Waals surface area contributed by atoms with Crippen molar-refractivity contribution in [2.45, 2.75) is 6.42 Å². The maximum atomic E-state index is 8.99. The van der Waals surface area contributed by atoms with E-state index in [2.05, 4.69) is 25.7 Å². The van der Waals surface area contributed by atoms with Crippen molar-refractivity contribution in [2.75, 3.05) is 38.0 Å². The summed E-state index contributed by atoms with van der Waals surface area (Å²) in [6.45, 7) is 0.714. The Hall–Kier alpha value is -3.07. The van der Waals surface area contributed by atoms with Gasteiger partial charge < -0.3 is 25.2 Å². The van der Waals surface area contributed by atoms with Gasteiger partial charge in [-0.2, -0.15) is 15.1 Å². The summed E-state index contributed by atoms with van der Waals surface area (Å²) >= 11 is 0. The molecule has 3 N–H and O–H groups in total. The maximum absolute atomic E-state index is 8.99. The Morgan fingerprint density at radius 1 is 1.19 bits per heavy atom. The molecule has 0 saturated heterocycles. The van der Waals surface area contributed by atoms with Crippen LogP contribution in [0.3, 0.4) is 0 Å². The fourth-order valence-corrected chi connectivity index (χ4v) is 2.52. The number of hydrogen-bond donors (Lipinski definition) is 3. The van der Waals surface area contributed by atoms with E-state index in [4.69, 9.17) is 14.6 Å². The molecule has 0 aliphatic heterocycles. The highest BCUT2D eigenvalue weighted by atomic mass is 16.5. The second-order valence-electron chi connectivity index (χ2n) is 5.60. The summed E-state index contributed by atoms with van der Waals surface area (Å²) in [7, 11) is 5.02. The largest absolute Gasteiger partial charge is 0.497 e. The zero-order valence-corrected chi connectivity index (χ0v) is 15.0. The number of aliphatic hydroxyl groups excluding tert-OH is 1. The molecule has 0 fully saturated rings. The first-order chi connectivity index (χ1) is 12.7. The van der Waals surface area contributed by atoms with Crippen molar-refractivity contribution in [2.24, 2.45) is 7.05 Å². The minimum absolute atomic E-state index is 0.114. The van der Waals surface area contributed by atoms with Crippen LogP contribution in [-0.2, 0) is 7.05 Å². The number of benzene rings is 1. The van der Waals surface area contributed by atoms with Crippen LogP contribution in [0.4, 0.5) is 17.5 Å². The van der Waals surface area contributed by atoms with Crippen molar-refractivity contribution in [1.29, 1.82) is 0 Å². The van der Waals surface area contributed by atoms with Gasteiger partial charge in [0, 0.05) is 26.3 Å². The molecule has 0 amide bonds. The van der Waals surface area contributed by atoms with Crippen molar-refractivity contribution < 1.29 is 14.6 Å². The van der Waals surface area contributed by atoms with E-state index >= 15 is 0 Å². The SMILES string of the molecule is COc1ccc(Nc2nc(NCCCO)c3cnn(C)c3n2)c(OC)c1. The van der Waals surface area contributed by atoms with Gasteiger partial charge in [0.15, 0.2) is 5.65 Å². The van der Waals surface area contributed by atoms with Gasteiger partial charge in [-0.3, -0.25) is 4.68 Å². The maximum Gasteiger partial charge on any atom is 0.231 e. The average molecular weight is 358 g/mol. The van der Waals surface area contributed by atoms with E-state index in [1.54, 1.807) is 31.2 Å². The monoisotopic (exact) mass is 358 g/mol. The Bertz CT molecular complexity index is 896. The molecule has 1 aromatic carbocycles. The molecule has 0 bridgehead atoms. The normalized spacial score (nSPS) is 10.8. The standard InChI is InChI=1S/C17H22N6O3/c1-23-16-12(10-19-23)15(18-7-4-8-24)21-17(22-16)20-13-6-5-11(25-2)9-14(13)26-3/h5-6,9-10,24H,4,7-8H2,1-3H3,(H2,18,20,21,22). The average Bonchev–Trinajstić information content (AvgIpc) is 3.03. The summed E-state index contributed by atoms with van der Waals surface area (Å²) in [5.74, 6) is 2.39. The number of aromatic nitrogens is 4. The first-order valence-electron chi connectivity index (χ1n) is 8.19. The predicted octanol–water partition coefficient (Wildman–Crippen LogP) is 1.92. The first kappa shape index (κ1) is 17.7. The number of nitrogens with zero attached hydrogens (tertiary/aromatic N) is 4. The number of ether oxygens (including phenoxy) is 2. The van der Waals surface area contributed by atoms with Gasteiger partial charge in [-0.15, -0.1) is 0 Å². The van der Waals surface area contributed by atoms with E-state index in [0.717, 1.165) is 11.1 Å². The summed E-state index contributed by atoms with van der Waals surface area (Å²) in [5, 5.41) is 20.4. The molecule has 9 heteroatoms. The summed E-state index contributed by atoms with van der Waals surface area (Å²) in [6.07, 6.45) is 2.34. The van der Waals surface area contributed by atoms with Crippen LogP contribution < -0.4 is 20.1 Å². The van der Waals surface area contributed by atoms with Crippen molar-refractivity contribution in [1.82, 2.24) is 19.7 Å². The van der Waals surface area contributed by atoms with Crippen LogP contribution in [0.2, 0.25) is 0 Å². The molecule has 0 saturated carbocycles. The number of fused-ring (bicyclic) bond motifs is 1. The van der Waals surface area contributed by atoms with Crippen LogP contribution in [0.25, 0.3) is 11.0 Å². The van der Waals surface area contributed by atoms with Gasteiger partial charge in [-0.1, -0.05) is 0 Å². The van der Waals surface area contributed by atoms with Gasteiger partial charge in [-0.25, -0.2) is 0 Å². The van der Waals surface area contributed by atoms with Gasteiger partial charge in [0.25, 0.3) is 0 Å². The molecule has 0 atom stereocenters. The lowest BCUT2D eigenvalue weighted by Gasteiger charge is -2.13. The zero-order chi connectivity index (χ0) is 18.5. The first-order valence-corrected chi connectivity index (χ1v) is 8.19. The number of hydrogen-bond acceptors (Lipinski definition) is 8. The molecule has 0 spiro atoms. The number of methoxy groups -OCH3 is 2. The number of nitrogens with one attached hydrogen (secondary N) is 2. The molecule has 2 heterocycles. The second-order valence-corrected chi connectivity index (χ2v) is 5.60. The van der Waals surface area contributed by atoms with Crippen molar-refractivity contribution >= 4 is 28.5 Å². The van der Waals surface area contributed by atoms with Gasteiger partial charge >= 0.3 is 0 Å². The highest BCUT2D eigenvalue weighted by Gasteiger charge is 2.13. The van der Waals surface area contributed by atoms with Crippen LogP contribution in [0.15, 0.2) is 24.4 Å². The van der Waals surface area contributed by atoms with Crippen molar-refractivity contribution in [3.05, 3.63) is 24.4 Å². The topological polar surface area (TPSA) is 106 Å². The molecular weight excluding hydrogens is 336 g/mol. The Balaban J connectivity index is 1.96. The lowest BCUT2D eigenvalue weighted by atomic mass is 10.2. The molecule has 2 aromatic heterocycles. The molecular formula is C17H22N6O3. The van der Waals surface area contributed by atoms with E-state index in [-0.39, 0.29) is 6.61 Å². The van der Waals surface area contributed by atoms with Gasteiger partial charge in [0.2, 0.25) is 5.95 Å². The van der Waals surface area contributed by atoms with E-state index in [1.165, 1.54) is 0 Å². The zero-order valence-electron chi connectivity index (χ0n) is 15.0. The van der Waals surface area contributed by atoms with E-state index in [1.807, 2.05) is 19.2 Å². The molecule has 0 aliphatic rings. The summed E-state index contributed by atoms with van der Waals surface area (Å²) in [5.41, 5.74) is 1.41. The van der Waals surface area contributed by atoms with Gasteiger partial charge in [0.05, 0.1) is 31.5 Å². The third kappa shape index (κ3) is 3.62. The summed E-state index contributed by atoms with van der Waals surface area (Å²) in [6, 6.07) is 5.45. The lowest BCUT2D eigenvalue weighted by molar-refractivity contribution is 0.292. The fourth-order valence-electron chi connectivity index (χ4n) is 2.52. The Morgan fingerprint density at radius 3 is 2.77 bits per heavy atom. The number of anilines is 3. The molecule has 9 nitrogen and oxygen atoms in total. The predicted molar refractivity (Wildman–Crippen MR) is 99.3 cm³/mol. The van der Waals surface area contributed by atoms with Crippen LogP contribution in [0, 0.1) is 0 Å². The second kappa shape index (κ2) is 7.87. The molecule has 0 aliphatic carbocycles. The number of rotatable bonds is 8. The molecule has 0 unspecified atom stereocenters. The van der Waals surface area contributed by atoms with Crippen LogP contribution in [-0.4, -0.2) is 52.2 Å². The number of aryl methyl sites for hydroxylation is 1. The summed E-state index contributed by atoms with van der Waals surface area (Å²) in [4.78, 5) is 9.08. The molecule has 3 rings (SSSR count). The fraction of sp³-hybridized carbons (Fsp3) is 0.353. The Labute approximate surface area is 151 Å². The van der Waals surface area contributed by atoms with E-state index < -0.39 is 0 Å². The minimum Gasteiger partial charge on any atom is -0.497 e. The molecule has 26 heavy (non-hydrogen) atoms. The third-order valence-corrected chi connectivity index (χ3v) is 3.87.